The van der Waals surface area contributed by atoms with Gasteiger partial charge in [-0.2, -0.15) is 0 Å². The van der Waals surface area contributed by atoms with Gasteiger partial charge in [0.15, 0.2) is 0 Å². The lowest BCUT2D eigenvalue weighted by Gasteiger charge is -2.22. The van der Waals surface area contributed by atoms with Crippen molar-refractivity contribution in [1.82, 2.24) is 5.32 Å². The van der Waals surface area contributed by atoms with Crippen molar-refractivity contribution in [2.24, 2.45) is 5.92 Å². The Labute approximate surface area is 129 Å². The van der Waals surface area contributed by atoms with Crippen LogP contribution in [0.25, 0.3) is 0 Å². The fourth-order valence-corrected chi connectivity index (χ4v) is 3.62. The van der Waals surface area contributed by atoms with Gasteiger partial charge in [0, 0.05) is 17.1 Å². The van der Waals surface area contributed by atoms with E-state index in [1.165, 1.54) is 44.1 Å². The molecule has 0 spiro atoms. The van der Waals surface area contributed by atoms with Gasteiger partial charge in [0.05, 0.1) is 0 Å². The summed E-state index contributed by atoms with van der Waals surface area (Å²) in [6.07, 6.45) is 9.25. The fraction of sp³-hybridized carbons (Fsp3) is 0.667. The van der Waals surface area contributed by atoms with E-state index in [0.29, 0.717) is 12.1 Å². The standard InChI is InChI=1S/C18H28ClN/c1-3-15-7-6-9-17(12-11-15)20-14(2)13-16-8-4-5-10-18(16)19/h4-5,8,10,14-15,17,20H,3,6-7,9,11-13H2,1-2H3. The van der Waals surface area contributed by atoms with Crippen LogP contribution in [0.15, 0.2) is 24.3 Å². The molecule has 3 unspecified atom stereocenters. The summed E-state index contributed by atoms with van der Waals surface area (Å²) in [6, 6.07) is 9.40. The summed E-state index contributed by atoms with van der Waals surface area (Å²) < 4.78 is 0. The van der Waals surface area contributed by atoms with E-state index in [9.17, 15) is 0 Å². The van der Waals surface area contributed by atoms with Gasteiger partial charge in [-0.3, -0.25) is 0 Å². The third kappa shape index (κ3) is 4.79. The van der Waals surface area contributed by atoms with Gasteiger partial charge >= 0.3 is 0 Å². The normalized spacial score (nSPS) is 25.1. The van der Waals surface area contributed by atoms with E-state index >= 15 is 0 Å². The SMILES string of the molecule is CCC1CCCC(NC(C)Cc2ccccc2Cl)CC1. The van der Waals surface area contributed by atoms with Crippen molar-refractivity contribution >= 4 is 11.6 Å². The molecule has 1 nitrogen and oxygen atoms in total. The van der Waals surface area contributed by atoms with Crippen LogP contribution in [0.3, 0.4) is 0 Å². The first kappa shape index (κ1) is 15.9. The lowest BCUT2D eigenvalue weighted by molar-refractivity contribution is 0.394. The third-order valence-electron chi connectivity index (χ3n) is 4.67. The molecule has 112 valence electrons. The molecular weight excluding hydrogens is 266 g/mol. The summed E-state index contributed by atoms with van der Waals surface area (Å²) in [5.41, 5.74) is 1.26. The summed E-state index contributed by atoms with van der Waals surface area (Å²) in [7, 11) is 0. The van der Waals surface area contributed by atoms with Gasteiger partial charge in [-0.05, 0) is 50.2 Å². The summed E-state index contributed by atoms with van der Waals surface area (Å²) in [4.78, 5) is 0. The zero-order chi connectivity index (χ0) is 14.4. The van der Waals surface area contributed by atoms with Crippen molar-refractivity contribution < 1.29 is 0 Å². The summed E-state index contributed by atoms with van der Waals surface area (Å²) in [6.45, 7) is 4.62. The van der Waals surface area contributed by atoms with Gasteiger partial charge in [0.2, 0.25) is 0 Å². The summed E-state index contributed by atoms with van der Waals surface area (Å²) in [5, 5.41) is 4.72. The minimum Gasteiger partial charge on any atom is -0.311 e. The molecule has 0 bridgehead atoms. The Bertz CT molecular complexity index is 404. The van der Waals surface area contributed by atoms with Crippen LogP contribution in [0.4, 0.5) is 0 Å². The van der Waals surface area contributed by atoms with Crippen molar-refractivity contribution in [3.8, 4) is 0 Å². The van der Waals surface area contributed by atoms with E-state index in [1.807, 2.05) is 12.1 Å². The smallest absolute Gasteiger partial charge is 0.0438 e. The number of hydrogen-bond donors (Lipinski definition) is 1. The van der Waals surface area contributed by atoms with E-state index in [0.717, 1.165) is 17.4 Å². The van der Waals surface area contributed by atoms with E-state index in [1.54, 1.807) is 0 Å². The average molecular weight is 294 g/mol. The fourth-order valence-electron chi connectivity index (χ4n) is 3.41. The van der Waals surface area contributed by atoms with Crippen molar-refractivity contribution in [3.63, 3.8) is 0 Å². The Balaban J connectivity index is 1.82. The van der Waals surface area contributed by atoms with Crippen LogP contribution < -0.4 is 5.32 Å². The molecule has 1 N–H and O–H groups in total. The molecule has 0 saturated heterocycles. The van der Waals surface area contributed by atoms with Crippen LogP contribution >= 0.6 is 11.6 Å². The van der Waals surface area contributed by atoms with E-state index in [-0.39, 0.29) is 0 Å². The zero-order valence-corrected chi connectivity index (χ0v) is 13.6. The molecular formula is C18H28ClN. The maximum absolute atomic E-state index is 6.25. The number of benzene rings is 1. The number of hydrogen-bond acceptors (Lipinski definition) is 1. The molecule has 0 aromatic heterocycles. The Kier molecular flexibility index (Phi) is 6.38. The van der Waals surface area contributed by atoms with Crippen molar-refractivity contribution in [1.29, 1.82) is 0 Å². The summed E-state index contributed by atoms with van der Waals surface area (Å²) >= 11 is 6.25. The third-order valence-corrected chi connectivity index (χ3v) is 5.04. The van der Waals surface area contributed by atoms with Gasteiger partial charge in [-0.15, -0.1) is 0 Å². The van der Waals surface area contributed by atoms with Gasteiger partial charge in [-0.1, -0.05) is 56.0 Å². The molecule has 3 atom stereocenters. The molecule has 1 fully saturated rings. The van der Waals surface area contributed by atoms with Crippen LogP contribution in [0.1, 0.15) is 57.9 Å². The van der Waals surface area contributed by atoms with Crippen molar-refractivity contribution in [2.45, 2.75) is 70.9 Å². The van der Waals surface area contributed by atoms with Crippen LogP contribution in [0.2, 0.25) is 5.02 Å². The molecule has 0 aliphatic heterocycles. The Morgan fingerprint density at radius 1 is 1.20 bits per heavy atom. The lowest BCUT2D eigenvalue weighted by Crippen LogP contribution is -2.37. The van der Waals surface area contributed by atoms with E-state index in [2.05, 4.69) is 31.3 Å². The van der Waals surface area contributed by atoms with Crippen LogP contribution in [0.5, 0.6) is 0 Å². The second-order valence-electron chi connectivity index (χ2n) is 6.34. The average Bonchev–Trinajstić information content (AvgIpc) is 2.66. The molecule has 0 amide bonds. The molecule has 1 aromatic carbocycles. The number of halogens is 1. The Hall–Kier alpha value is -0.530. The molecule has 2 heteroatoms. The van der Waals surface area contributed by atoms with Gasteiger partial charge in [0.1, 0.15) is 0 Å². The predicted octanol–water partition coefficient (Wildman–Crippen LogP) is 5.22. The molecule has 1 aromatic rings. The molecule has 0 heterocycles. The first-order chi connectivity index (χ1) is 9.69. The molecule has 0 radical (unpaired) electrons. The van der Waals surface area contributed by atoms with E-state index in [4.69, 9.17) is 11.6 Å². The highest BCUT2D eigenvalue weighted by molar-refractivity contribution is 6.31. The number of rotatable bonds is 5. The monoisotopic (exact) mass is 293 g/mol. The molecule has 2 rings (SSSR count). The molecule has 1 saturated carbocycles. The highest BCUT2D eigenvalue weighted by atomic mass is 35.5. The maximum Gasteiger partial charge on any atom is 0.0438 e. The van der Waals surface area contributed by atoms with Crippen molar-refractivity contribution in [2.75, 3.05) is 0 Å². The van der Waals surface area contributed by atoms with Gasteiger partial charge < -0.3 is 5.32 Å². The Morgan fingerprint density at radius 3 is 2.75 bits per heavy atom. The molecule has 1 aliphatic carbocycles. The molecule has 20 heavy (non-hydrogen) atoms. The van der Waals surface area contributed by atoms with Crippen LogP contribution in [-0.2, 0) is 6.42 Å². The first-order valence-electron chi connectivity index (χ1n) is 8.18. The van der Waals surface area contributed by atoms with Gasteiger partial charge in [0.25, 0.3) is 0 Å². The maximum atomic E-state index is 6.25. The van der Waals surface area contributed by atoms with E-state index < -0.39 is 0 Å². The van der Waals surface area contributed by atoms with Gasteiger partial charge in [-0.25, -0.2) is 0 Å². The predicted molar refractivity (Wildman–Crippen MR) is 88.4 cm³/mol. The first-order valence-corrected chi connectivity index (χ1v) is 8.56. The van der Waals surface area contributed by atoms with Crippen LogP contribution in [0, 0.1) is 5.92 Å². The second-order valence-corrected chi connectivity index (χ2v) is 6.75. The Morgan fingerprint density at radius 2 is 2.00 bits per heavy atom. The highest BCUT2D eigenvalue weighted by Gasteiger charge is 2.19. The minimum absolute atomic E-state index is 0.498. The number of nitrogens with one attached hydrogen (secondary N) is 1. The molecule has 1 aliphatic rings. The second kappa shape index (κ2) is 8.05. The highest BCUT2D eigenvalue weighted by Crippen LogP contribution is 2.26. The largest absolute Gasteiger partial charge is 0.311 e. The van der Waals surface area contributed by atoms with Crippen molar-refractivity contribution in [3.05, 3.63) is 34.9 Å². The van der Waals surface area contributed by atoms with Crippen LogP contribution in [-0.4, -0.2) is 12.1 Å². The zero-order valence-electron chi connectivity index (χ0n) is 12.9. The minimum atomic E-state index is 0.498. The topological polar surface area (TPSA) is 12.0 Å². The lowest BCUT2D eigenvalue weighted by atomic mass is 9.97. The quantitative estimate of drug-likeness (QED) is 0.734. The summed E-state index contributed by atoms with van der Waals surface area (Å²) in [5.74, 6) is 0.959.